The number of hydrogen-bond acceptors (Lipinski definition) is 6. The Balaban J connectivity index is 2.52. The van der Waals surface area contributed by atoms with E-state index in [0.717, 1.165) is 5.69 Å². The van der Waals surface area contributed by atoms with Gasteiger partial charge in [-0.15, -0.1) is 0 Å². The molecule has 3 N–H and O–H groups in total. The number of rotatable bonds is 5. The average Bonchev–Trinajstić information content (AvgIpc) is 2.53. The lowest BCUT2D eigenvalue weighted by atomic mass is 10.2. The van der Waals surface area contributed by atoms with Crippen LogP contribution in [0, 0.1) is 10.1 Å². The van der Waals surface area contributed by atoms with Crippen LogP contribution >= 0.6 is 0 Å². The highest BCUT2D eigenvalue weighted by atomic mass is 16.6. The van der Waals surface area contributed by atoms with Crippen molar-refractivity contribution in [1.29, 1.82) is 0 Å². The van der Waals surface area contributed by atoms with Gasteiger partial charge in [0.15, 0.2) is 0 Å². The largest absolute Gasteiger partial charge is 0.497 e. The lowest BCUT2D eigenvalue weighted by Gasteiger charge is -2.20. The summed E-state index contributed by atoms with van der Waals surface area (Å²) in [5, 5.41) is 11.3. The molecule has 7 heteroatoms. The van der Waals surface area contributed by atoms with Gasteiger partial charge in [0.1, 0.15) is 17.1 Å². The van der Waals surface area contributed by atoms with Gasteiger partial charge in [0.2, 0.25) is 0 Å². The Morgan fingerprint density at radius 2 is 2.00 bits per heavy atom. The predicted molar refractivity (Wildman–Crippen MR) is 82.0 cm³/mol. The molecule has 21 heavy (non-hydrogen) atoms. The number of para-hydroxylation sites is 1. The second kappa shape index (κ2) is 6.10. The van der Waals surface area contributed by atoms with E-state index in [9.17, 15) is 10.1 Å². The molecule has 2 aromatic carbocycles. The lowest BCUT2D eigenvalue weighted by molar-refractivity contribution is -0.383. The van der Waals surface area contributed by atoms with Crippen LogP contribution in [0.2, 0.25) is 0 Å². The maximum atomic E-state index is 11.3. The molecular weight excluding hydrogens is 272 g/mol. The van der Waals surface area contributed by atoms with Gasteiger partial charge in [0.05, 0.1) is 12.0 Å². The molecule has 0 saturated heterocycles. The van der Waals surface area contributed by atoms with Crippen LogP contribution in [-0.4, -0.2) is 19.1 Å². The molecule has 0 aromatic heterocycles. The zero-order valence-corrected chi connectivity index (χ0v) is 11.7. The molecule has 7 nitrogen and oxygen atoms in total. The Morgan fingerprint density at radius 1 is 1.29 bits per heavy atom. The van der Waals surface area contributed by atoms with Gasteiger partial charge in [-0.3, -0.25) is 16.0 Å². The number of nitro benzene ring substituents is 1. The number of nitrogens with one attached hydrogen (secondary N) is 1. The summed E-state index contributed by atoms with van der Waals surface area (Å²) in [5.74, 6) is 6.02. The molecule has 0 radical (unpaired) electrons. The molecule has 0 amide bonds. The molecule has 0 fully saturated rings. The Labute approximate surface area is 122 Å². The summed E-state index contributed by atoms with van der Waals surface area (Å²) in [6.07, 6.45) is 0. The van der Waals surface area contributed by atoms with Crippen molar-refractivity contribution in [1.82, 2.24) is 0 Å². The smallest absolute Gasteiger partial charge is 0.317 e. The SMILES string of the molecule is COc1cccc(N(C)c2cccc(NN)c2[N+](=O)[O-])c1. The number of benzene rings is 2. The van der Waals surface area contributed by atoms with E-state index >= 15 is 0 Å². The first-order chi connectivity index (χ1) is 10.1. The van der Waals surface area contributed by atoms with Gasteiger partial charge in [0, 0.05) is 18.8 Å². The molecular formula is C14H16N4O3. The van der Waals surface area contributed by atoms with Crippen LogP contribution in [0.25, 0.3) is 0 Å². The molecule has 0 aliphatic heterocycles. The predicted octanol–water partition coefficient (Wildman–Crippen LogP) is 2.66. The lowest BCUT2D eigenvalue weighted by Crippen LogP contribution is -2.15. The summed E-state index contributed by atoms with van der Waals surface area (Å²) in [5.41, 5.74) is 3.74. The first-order valence-corrected chi connectivity index (χ1v) is 6.20. The highest BCUT2D eigenvalue weighted by Crippen LogP contribution is 2.38. The van der Waals surface area contributed by atoms with E-state index in [-0.39, 0.29) is 11.4 Å². The number of nitro groups is 1. The fraction of sp³-hybridized carbons (Fsp3) is 0.143. The van der Waals surface area contributed by atoms with Gasteiger partial charge in [-0.05, 0) is 24.3 Å². The minimum atomic E-state index is -0.457. The van der Waals surface area contributed by atoms with Crippen molar-refractivity contribution in [2.75, 3.05) is 24.5 Å². The highest BCUT2D eigenvalue weighted by molar-refractivity contribution is 5.80. The molecule has 110 valence electrons. The number of nitrogens with zero attached hydrogens (tertiary/aromatic N) is 2. The van der Waals surface area contributed by atoms with E-state index in [4.69, 9.17) is 10.6 Å². The number of anilines is 3. The third-order valence-electron chi connectivity index (χ3n) is 3.15. The van der Waals surface area contributed by atoms with Crippen molar-refractivity contribution in [3.8, 4) is 5.75 Å². The number of nitrogens with two attached hydrogens (primary N) is 1. The van der Waals surface area contributed by atoms with E-state index in [1.165, 1.54) is 0 Å². The standard InChI is InChI=1S/C14H16N4O3/c1-17(10-5-3-6-11(9-10)21-2)13-8-4-7-12(16-15)14(13)18(19)20/h3-9,16H,15H2,1-2H3. The van der Waals surface area contributed by atoms with E-state index in [1.54, 1.807) is 43.3 Å². The Hall–Kier alpha value is -2.80. The molecule has 0 aliphatic carbocycles. The zero-order valence-electron chi connectivity index (χ0n) is 11.7. The van der Waals surface area contributed by atoms with Gasteiger partial charge in [0.25, 0.3) is 0 Å². The number of nitrogen functional groups attached to an aromatic ring is 1. The molecule has 0 aliphatic rings. The van der Waals surface area contributed by atoms with Gasteiger partial charge in [-0.1, -0.05) is 12.1 Å². The van der Waals surface area contributed by atoms with E-state index in [1.807, 2.05) is 18.2 Å². The van der Waals surface area contributed by atoms with Crippen molar-refractivity contribution in [3.05, 3.63) is 52.6 Å². The second-order valence-electron chi connectivity index (χ2n) is 4.34. The monoisotopic (exact) mass is 288 g/mol. The fourth-order valence-electron chi connectivity index (χ4n) is 2.07. The van der Waals surface area contributed by atoms with Crippen molar-refractivity contribution < 1.29 is 9.66 Å². The number of hydrogen-bond donors (Lipinski definition) is 2. The summed E-state index contributed by atoms with van der Waals surface area (Å²) in [6, 6.07) is 12.2. The second-order valence-corrected chi connectivity index (χ2v) is 4.34. The minimum Gasteiger partial charge on any atom is -0.497 e. The maximum Gasteiger partial charge on any atom is 0.317 e. The van der Waals surface area contributed by atoms with E-state index in [0.29, 0.717) is 11.4 Å². The van der Waals surface area contributed by atoms with Crippen LogP contribution in [0.3, 0.4) is 0 Å². The van der Waals surface area contributed by atoms with Gasteiger partial charge in [-0.25, -0.2) is 0 Å². The van der Waals surface area contributed by atoms with Crippen LogP contribution in [0.15, 0.2) is 42.5 Å². The van der Waals surface area contributed by atoms with Crippen LogP contribution in [0.5, 0.6) is 5.75 Å². The highest BCUT2D eigenvalue weighted by Gasteiger charge is 2.22. The molecule has 0 heterocycles. The van der Waals surface area contributed by atoms with E-state index < -0.39 is 4.92 Å². The Kier molecular flexibility index (Phi) is 4.24. The molecule has 0 spiro atoms. The molecule has 0 unspecified atom stereocenters. The summed E-state index contributed by atoms with van der Waals surface area (Å²) < 4.78 is 5.17. The maximum absolute atomic E-state index is 11.3. The van der Waals surface area contributed by atoms with Crippen LogP contribution in [0.4, 0.5) is 22.7 Å². The number of hydrazine groups is 1. The molecule has 2 rings (SSSR count). The Bertz CT molecular complexity index is 660. The normalized spacial score (nSPS) is 10.0. The summed E-state index contributed by atoms with van der Waals surface area (Å²) in [7, 11) is 3.32. The van der Waals surface area contributed by atoms with E-state index in [2.05, 4.69) is 5.43 Å². The van der Waals surface area contributed by atoms with Gasteiger partial charge in [-0.2, -0.15) is 0 Å². The Morgan fingerprint density at radius 3 is 2.62 bits per heavy atom. The number of methoxy groups -OCH3 is 1. The zero-order chi connectivity index (χ0) is 15.4. The summed E-state index contributed by atoms with van der Waals surface area (Å²) in [4.78, 5) is 12.6. The quantitative estimate of drug-likeness (QED) is 0.499. The van der Waals surface area contributed by atoms with Crippen molar-refractivity contribution in [2.45, 2.75) is 0 Å². The van der Waals surface area contributed by atoms with Crippen LogP contribution < -0.4 is 20.9 Å². The first-order valence-electron chi connectivity index (χ1n) is 6.20. The first kappa shape index (κ1) is 14.6. The average molecular weight is 288 g/mol. The fourth-order valence-corrected chi connectivity index (χ4v) is 2.07. The minimum absolute atomic E-state index is 0.0784. The van der Waals surface area contributed by atoms with Gasteiger partial charge >= 0.3 is 5.69 Å². The molecule has 0 bridgehead atoms. The van der Waals surface area contributed by atoms with Crippen molar-refractivity contribution in [2.24, 2.45) is 5.84 Å². The van der Waals surface area contributed by atoms with Gasteiger partial charge < -0.3 is 15.1 Å². The van der Waals surface area contributed by atoms with Crippen molar-refractivity contribution in [3.63, 3.8) is 0 Å². The van der Waals surface area contributed by atoms with Crippen LogP contribution in [-0.2, 0) is 0 Å². The third-order valence-corrected chi connectivity index (χ3v) is 3.15. The summed E-state index contributed by atoms with van der Waals surface area (Å²) in [6.45, 7) is 0. The third kappa shape index (κ3) is 2.87. The molecule has 2 aromatic rings. The summed E-state index contributed by atoms with van der Waals surface area (Å²) >= 11 is 0. The van der Waals surface area contributed by atoms with Crippen LogP contribution in [0.1, 0.15) is 0 Å². The topological polar surface area (TPSA) is 93.7 Å². The van der Waals surface area contributed by atoms with Crippen molar-refractivity contribution >= 4 is 22.7 Å². The number of ether oxygens (including phenoxy) is 1. The molecule has 0 atom stereocenters. The molecule has 0 saturated carbocycles.